The van der Waals surface area contributed by atoms with Gasteiger partial charge in [0.05, 0.1) is 0 Å². The van der Waals surface area contributed by atoms with Crippen LogP contribution < -0.4 is 0 Å². The van der Waals surface area contributed by atoms with Crippen molar-refractivity contribution >= 4 is 17.5 Å². The molecule has 0 bridgehead atoms. The van der Waals surface area contributed by atoms with Crippen LogP contribution in [0.15, 0.2) is 30.3 Å². The molecule has 20 heavy (non-hydrogen) atoms. The molecule has 0 radical (unpaired) electrons. The van der Waals surface area contributed by atoms with Gasteiger partial charge in [0.15, 0.2) is 0 Å². The normalized spacial score (nSPS) is 13.3. The number of rotatable bonds is 7. The highest BCUT2D eigenvalue weighted by molar-refractivity contribution is 6.02. The number of esters is 1. The van der Waals surface area contributed by atoms with Crippen LogP contribution in [-0.4, -0.2) is 17.5 Å². The number of ether oxygens (including phenoxy) is 1. The topological polar surface area (TPSA) is 60.4 Å². The molecule has 0 aliphatic heterocycles. The second kappa shape index (κ2) is 6.98. The zero-order valence-electron chi connectivity index (χ0n) is 12.1. The molecular formula is C16H20O4. The summed E-state index contributed by atoms with van der Waals surface area (Å²) in [4.78, 5) is 34.9. The standard InChI is InChI=1S/C16H20O4/c1-12(17)9-10-16(3,13(2)18)15(19)20-11-14-7-5-4-6-8-14/h4-8H,9-11H2,1-3H3. The van der Waals surface area contributed by atoms with Crippen LogP contribution in [0.3, 0.4) is 0 Å². The van der Waals surface area contributed by atoms with E-state index < -0.39 is 11.4 Å². The third kappa shape index (κ3) is 4.30. The van der Waals surface area contributed by atoms with E-state index in [0.29, 0.717) is 0 Å². The van der Waals surface area contributed by atoms with Crippen LogP contribution in [0.5, 0.6) is 0 Å². The highest BCUT2D eigenvalue weighted by Crippen LogP contribution is 2.27. The Labute approximate surface area is 119 Å². The lowest BCUT2D eigenvalue weighted by Crippen LogP contribution is -2.37. The van der Waals surface area contributed by atoms with Crippen molar-refractivity contribution in [1.82, 2.24) is 0 Å². The number of benzene rings is 1. The predicted molar refractivity (Wildman–Crippen MR) is 74.9 cm³/mol. The molecule has 4 heteroatoms. The smallest absolute Gasteiger partial charge is 0.319 e. The summed E-state index contributed by atoms with van der Waals surface area (Å²) in [7, 11) is 0. The molecule has 0 N–H and O–H groups in total. The third-order valence-corrected chi connectivity index (χ3v) is 3.42. The third-order valence-electron chi connectivity index (χ3n) is 3.42. The fraction of sp³-hybridized carbons (Fsp3) is 0.438. The van der Waals surface area contributed by atoms with Crippen LogP contribution in [0.25, 0.3) is 0 Å². The largest absolute Gasteiger partial charge is 0.460 e. The first-order valence-corrected chi connectivity index (χ1v) is 6.58. The summed E-state index contributed by atoms with van der Waals surface area (Å²) in [6.07, 6.45) is 0.377. The van der Waals surface area contributed by atoms with E-state index in [0.717, 1.165) is 5.56 Å². The molecule has 1 atom stereocenters. The Kier molecular flexibility index (Phi) is 5.62. The van der Waals surface area contributed by atoms with Gasteiger partial charge in [0.2, 0.25) is 0 Å². The van der Waals surface area contributed by atoms with Gasteiger partial charge in [-0.05, 0) is 32.8 Å². The molecule has 0 saturated heterocycles. The van der Waals surface area contributed by atoms with Gasteiger partial charge < -0.3 is 9.53 Å². The molecular weight excluding hydrogens is 256 g/mol. The number of hydrogen-bond donors (Lipinski definition) is 0. The first kappa shape index (κ1) is 16.1. The fourth-order valence-electron chi connectivity index (χ4n) is 1.73. The van der Waals surface area contributed by atoms with Gasteiger partial charge in [-0.15, -0.1) is 0 Å². The number of carbonyl (C=O) groups is 3. The van der Waals surface area contributed by atoms with Crippen molar-refractivity contribution in [1.29, 1.82) is 0 Å². The van der Waals surface area contributed by atoms with Crippen LogP contribution in [0, 0.1) is 5.41 Å². The summed E-state index contributed by atoms with van der Waals surface area (Å²) in [5, 5.41) is 0. The van der Waals surface area contributed by atoms with Crippen LogP contribution in [0.2, 0.25) is 0 Å². The molecule has 0 amide bonds. The molecule has 0 aliphatic carbocycles. The Bertz CT molecular complexity index is 492. The summed E-state index contributed by atoms with van der Waals surface area (Å²) >= 11 is 0. The maximum atomic E-state index is 12.1. The molecule has 0 heterocycles. The molecule has 1 aromatic carbocycles. The summed E-state index contributed by atoms with van der Waals surface area (Å²) in [5.74, 6) is -0.903. The minimum Gasteiger partial charge on any atom is -0.460 e. The zero-order chi connectivity index (χ0) is 15.2. The van der Waals surface area contributed by atoms with Crippen LogP contribution in [-0.2, 0) is 25.7 Å². The minimum atomic E-state index is -1.25. The molecule has 0 spiro atoms. The van der Waals surface area contributed by atoms with E-state index in [-0.39, 0.29) is 31.0 Å². The van der Waals surface area contributed by atoms with Crippen LogP contribution in [0.1, 0.15) is 39.2 Å². The SMILES string of the molecule is CC(=O)CCC(C)(C(C)=O)C(=O)OCc1ccccc1. The highest BCUT2D eigenvalue weighted by atomic mass is 16.5. The van der Waals surface area contributed by atoms with Crippen molar-refractivity contribution in [2.24, 2.45) is 5.41 Å². The van der Waals surface area contributed by atoms with Crippen molar-refractivity contribution in [3.05, 3.63) is 35.9 Å². The van der Waals surface area contributed by atoms with Crippen molar-refractivity contribution in [3.63, 3.8) is 0 Å². The number of ketones is 2. The van der Waals surface area contributed by atoms with E-state index in [2.05, 4.69) is 0 Å². The van der Waals surface area contributed by atoms with E-state index in [1.807, 2.05) is 30.3 Å². The number of hydrogen-bond acceptors (Lipinski definition) is 4. The van der Waals surface area contributed by atoms with Gasteiger partial charge in [0, 0.05) is 6.42 Å². The Balaban J connectivity index is 2.69. The van der Waals surface area contributed by atoms with Gasteiger partial charge in [0.25, 0.3) is 0 Å². The molecule has 1 aromatic rings. The molecule has 0 saturated carbocycles. The van der Waals surface area contributed by atoms with E-state index >= 15 is 0 Å². The average Bonchev–Trinajstić information content (AvgIpc) is 2.42. The lowest BCUT2D eigenvalue weighted by molar-refractivity contribution is -0.160. The Morgan fingerprint density at radius 3 is 2.20 bits per heavy atom. The second-order valence-electron chi connectivity index (χ2n) is 5.15. The second-order valence-corrected chi connectivity index (χ2v) is 5.15. The Morgan fingerprint density at radius 2 is 1.70 bits per heavy atom. The van der Waals surface area contributed by atoms with E-state index in [4.69, 9.17) is 4.74 Å². The first-order valence-electron chi connectivity index (χ1n) is 6.58. The minimum absolute atomic E-state index is 0.0478. The fourth-order valence-corrected chi connectivity index (χ4v) is 1.73. The monoisotopic (exact) mass is 276 g/mol. The maximum absolute atomic E-state index is 12.1. The summed E-state index contributed by atoms with van der Waals surface area (Å²) < 4.78 is 5.22. The molecule has 0 fully saturated rings. The molecule has 0 aliphatic rings. The van der Waals surface area contributed by atoms with Crippen LogP contribution in [0.4, 0.5) is 0 Å². The molecule has 0 aromatic heterocycles. The van der Waals surface area contributed by atoms with Gasteiger partial charge in [0.1, 0.15) is 23.6 Å². The Morgan fingerprint density at radius 1 is 1.10 bits per heavy atom. The van der Waals surface area contributed by atoms with Crippen molar-refractivity contribution in [2.45, 2.75) is 40.2 Å². The van der Waals surface area contributed by atoms with Gasteiger partial charge in [-0.25, -0.2) is 0 Å². The van der Waals surface area contributed by atoms with Crippen LogP contribution >= 0.6 is 0 Å². The summed E-state index contributed by atoms with van der Waals surface area (Å²) in [6.45, 7) is 4.45. The number of Topliss-reactive ketones (excluding diaryl/α,β-unsaturated/α-hetero) is 2. The average molecular weight is 276 g/mol. The molecule has 4 nitrogen and oxygen atoms in total. The van der Waals surface area contributed by atoms with Gasteiger partial charge >= 0.3 is 5.97 Å². The first-order chi connectivity index (χ1) is 9.36. The quantitative estimate of drug-likeness (QED) is 0.567. The summed E-state index contributed by atoms with van der Waals surface area (Å²) in [6, 6.07) is 9.26. The van der Waals surface area contributed by atoms with E-state index in [1.165, 1.54) is 20.8 Å². The van der Waals surface area contributed by atoms with Crippen molar-refractivity contribution in [3.8, 4) is 0 Å². The molecule has 1 unspecified atom stereocenters. The van der Waals surface area contributed by atoms with Gasteiger partial charge in [-0.3, -0.25) is 9.59 Å². The highest BCUT2D eigenvalue weighted by Gasteiger charge is 2.39. The van der Waals surface area contributed by atoms with Gasteiger partial charge in [-0.1, -0.05) is 30.3 Å². The maximum Gasteiger partial charge on any atom is 0.319 e. The Hall–Kier alpha value is -1.97. The zero-order valence-corrected chi connectivity index (χ0v) is 12.1. The predicted octanol–water partition coefficient (Wildman–Crippen LogP) is 2.69. The van der Waals surface area contributed by atoms with E-state index in [9.17, 15) is 14.4 Å². The van der Waals surface area contributed by atoms with Crippen molar-refractivity contribution < 1.29 is 19.1 Å². The summed E-state index contributed by atoms with van der Waals surface area (Å²) in [5.41, 5.74) is -0.390. The number of carbonyl (C=O) groups excluding carboxylic acids is 3. The van der Waals surface area contributed by atoms with Gasteiger partial charge in [-0.2, -0.15) is 0 Å². The molecule has 1 rings (SSSR count). The molecule has 108 valence electrons. The lowest BCUT2D eigenvalue weighted by atomic mass is 9.81. The van der Waals surface area contributed by atoms with E-state index in [1.54, 1.807) is 0 Å². The lowest BCUT2D eigenvalue weighted by Gasteiger charge is -2.24. The van der Waals surface area contributed by atoms with Crippen molar-refractivity contribution in [2.75, 3.05) is 0 Å².